The lowest BCUT2D eigenvalue weighted by Gasteiger charge is -2.38. The second-order valence-electron chi connectivity index (χ2n) is 8.74. The Balaban J connectivity index is 1.78. The summed E-state index contributed by atoms with van der Waals surface area (Å²) in [5, 5.41) is 2.11. The van der Waals surface area contributed by atoms with E-state index in [2.05, 4.69) is 18.4 Å². The molecule has 1 aromatic carbocycles. The van der Waals surface area contributed by atoms with Crippen molar-refractivity contribution in [1.29, 1.82) is 0 Å². The molecule has 1 unspecified atom stereocenters. The Morgan fingerprint density at radius 1 is 1.16 bits per heavy atom. The molecular weight excluding hydrogens is 420 g/mol. The molecule has 1 aromatic heterocycles. The number of nitrogens with zero attached hydrogens (tertiary/aromatic N) is 2. The number of hydrogen-bond donors (Lipinski definition) is 0. The molecule has 1 atom stereocenters. The first-order valence-electron chi connectivity index (χ1n) is 11.7. The van der Waals surface area contributed by atoms with Crippen molar-refractivity contribution in [3.05, 3.63) is 51.7 Å². The summed E-state index contributed by atoms with van der Waals surface area (Å²) in [6.45, 7) is 6.95. The third-order valence-corrected chi connectivity index (χ3v) is 7.21. The maximum absolute atomic E-state index is 13.5. The van der Waals surface area contributed by atoms with Crippen molar-refractivity contribution in [3.63, 3.8) is 0 Å². The van der Waals surface area contributed by atoms with Crippen LogP contribution in [0.3, 0.4) is 0 Å². The number of unbranched alkanes of at least 4 members (excludes halogenated alkanes) is 3. The van der Waals surface area contributed by atoms with Crippen LogP contribution in [-0.4, -0.2) is 47.9 Å². The molecule has 0 saturated heterocycles. The summed E-state index contributed by atoms with van der Waals surface area (Å²) in [5.41, 5.74) is 2.27. The Morgan fingerprint density at radius 2 is 1.91 bits per heavy atom. The van der Waals surface area contributed by atoms with Gasteiger partial charge in [0.15, 0.2) is 0 Å². The fourth-order valence-corrected chi connectivity index (χ4v) is 5.28. The number of rotatable bonds is 10. The second-order valence-corrected chi connectivity index (χ2v) is 9.74. The summed E-state index contributed by atoms with van der Waals surface area (Å²) in [5.74, 6) is 0.893. The van der Waals surface area contributed by atoms with Gasteiger partial charge < -0.3 is 14.5 Å². The van der Waals surface area contributed by atoms with Crippen LogP contribution in [0.1, 0.15) is 74.9 Å². The lowest BCUT2D eigenvalue weighted by molar-refractivity contribution is -0.143. The minimum absolute atomic E-state index is 0.00133. The molecule has 174 valence electrons. The van der Waals surface area contributed by atoms with Gasteiger partial charge in [0.25, 0.3) is 0 Å². The molecule has 1 aliphatic rings. The van der Waals surface area contributed by atoms with Crippen LogP contribution in [0.5, 0.6) is 5.75 Å². The van der Waals surface area contributed by atoms with Gasteiger partial charge in [0.05, 0.1) is 13.2 Å². The third kappa shape index (κ3) is 5.71. The first-order valence-corrected chi connectivity index (χ1v) is 12.6. The molecule has 1 aliphatic heterocycles. The molecule has 2 aromatic rings. The second kappa shape index (κ2) is 11.5. The Labute approximate surface area is 196 Å². The van der Waals surface area contributed by atoms with Gasteiger partial charge in [-0.15, -0.1) is 11.3 Å². The summed E-state index contributed by atoms with van der Waals surface area (Å²) < 4.78 is 5.32. The van der Waals surface area contributed by atoms with Crippen LogP contribution < -0.4 is 4.74 Å². The quantitative estimate of drug-likeness (QED) is 0.448. The van der Waals surface area contributed by atoms with E-state index >= 15 is 0 Å². The fourth-order valence-electron chi connectivity index (χ4n) is 4.37. The van der Waals surface area contributed by atoms with E-state index in [1.807, 2.05) is 43.0 Å². The number of ether oxygens (including phenoxy) is 1. The number of benzene rings is 1. The van der Waals surface area contributed by atoms with Crippen LogP contribution in [0, 0.1) is 0 Å². The van der Waals surface area contributed by atoms with Crippen molar-refractivity contribution in [3.8, 4) is 5.75 Å². The van der Waals surface area contributed by atoms with Crippen LogP contribution in [0.25, 0.3) is 0 Å². The highest BCUT2D eigenvalue weighted by Gasteiger charge is 2.34. The number of fused-ring (bicyclic) bond motifs is 1. The van der Waals surface area contributed by atoms with Gasteiger partial charge in [0, 0.05) is 23.9 Å². The monoisotopic (exact) mass is 456 g/mol. The molecular formula is C26H36N2O3S. The molecule has 2 amide bonds. The summed E-state index contributed by atoms with van der Waals surface area (Å²) in [6, 6.07) is 9.96. The first kappa shape index (κ1) is 24.3. The normalized spacial score (nSPS) is 15.5. The van der Waals surface area contributed by atoms with E-state index in [0.717, 1.165) is 43.4 Å². The SMILES string of the molecule is CCCCCCC(=O)N(CC(=O)N1CCc2sccc2C1c1ccc(OC)cc1)C(C)C. The smallest absolute Gasteiger partial charge is 0.243 e. The fraction of sp³-hybridized carbons (Fsp3) is 0.538. The van der Waals surface area contributed by atoms with Gasteiger partial charge in [-0.05, 0) is 61.4 Å². The largest absolute Gasteiger partial charge is 0.497 e. The number of methoxy groups -OCH3 is 1. The number of carbonyl (C=O) groups is 2. The topological polar surface area (TPSA) is 49.9 Å². The van der Waals surface area contributed by atoms with Crippen LogP contribution in [0.2, 0.25) is 0 Å². The Morgan fingerprint density at radius 3 is 2.56 bits per heavy atom. The van der Waals surface area contributed by atoms with Gasteiger partial charge in [-0.1, -0.05) is 38.3 Å². The number of hydrogen-bond acceptors (Lipinski definition) is 4. The van der Waals surface area contributed by atoms with Crippen molar-refractivity contribution in [1.82, 2.24) is 9.80 Å². The Bertz CT molecular complexity index is 891. The van der Waals surface area contributed by atoms with Gasteiger partial charge in [-0.2, -0.15) is 0 Å². The summed E-state index contributed by atoms with van der Waals surface area (Å²) in [6.07, 6.45) is 5.62. The third-order valence-electron chi connectivity index (χ3n) is 6.21. The van der Waals surface area contributed by atoms with Crippen LogP contribution >= 0.6 is 11.3 Å². The Kier molecular flexibility index (Phi) is 8.74. The molecule has 0 fully saturated rings. The lowest BCUT2D eigenvalue weighted by Crippen LogP contribution is -2.48. The number of amides is 2. The highest BCUT2D eigenvalue weighted by molar-refractivity contribution is 7.10. The van der Waals surface area contributed by atoms with Crippen molar-refractivity contribution in [2.45, 2.75) is 71.4 Å². The zero-order valence-electron chi connectivity index (χ0n) is 19.8. The first-order chi connectivity index (χ1) is 15.5. The molecule has 5 nitrogen and oxygen atoms in total. The maximum atomic E-state index is 13.5. The minimum Gasteiger partial charge on any atom is -0.497 e. The van der Waals surface area contributed by atoms with Crippen molar-refractivity contribution in [2.24, 2.45) is 0 Å². The summed E-state index contributed by atoms with van der Waals surface area (Å²) in [7, 11) is 1.65. The molecule has 32 heavy (non-hydrogen) atoms. The molecule has 2 heterocycles. The van der Waals surface area contributed by atoms with Gasteiger partial charge in [-0.3, -0.25) is 9.59 Å². The zero-order chi connectivity index (χ0) is 23.1. The molecule has 0 spiro atoms. The average Bonchev–Trinajstić information content (AvgIpc) is 3.28. The number of carbonyl (C=O) groups excluding carboxylic acids is 2. The van der Waals surface area contributed by atoms with Crippen LogP contribution in [-0.2, 0) is 16.0 Å². The lowest BCUT2D eigenvalue weighted by atomic mass is 9.93. The average molecular weight is 457 g/mol. The van der Waals surface area contributed by atoms with E-state index in [4.69, 9.17) is 4.74 Å². The minimum atomic E-state index is -0.128. The molecule has 6 heteroatoms. The van der Waals surface area contributed by atoms with E-state index in [1.165, 1.54) is 10.4 Å². The van der Waals surface area contributed by atoms with E-state index in [0.29, 0.717) is 13.0 Å². The standard InChI is InChI=1S/C26H36N2O3S/c1-5-6-7-8-9-24(29)28(19(2)3)18-25(30)27-16-14-23-22(15-17-32-23)26(27)20-10-12-21(31-4)13-11-20/h10-13,15,17,19,26H,5-9,14,16,18H2,1-4H3. The van der Waals surface area contributed by atoms with E-state index in [1.54, 1.807) is 23.3 Å². The summed E-state index contributed by atoms with van der Waals surface area (Å²) in [4.78, 5) is 31.5. The molecule has 0 bridgehead atoms. The number of thiophene rings is 1. The van der Waals surface area contributed by atoms with Crippen LogP contribution in [0.15, 0.2) is 35.7 Å². The predicted molar refractivity (Wildman–Crippen MR) is 130 cm³/mol. The van der Waals surface area contributed by atoms with Gasteiger partial charge >= 0.3 is 0 Å². The zero-order valence-corrected chi connectivity index (χ0v) is 20.6. The maximum Gasteiger partial charge on any atom is 0.243 e. The van der Waals surface area contributed by atoms with Crippen LogP contribution in [0.4, 0.5) is 0 Å². The van der Waals surface area contributed by atoms with E-state index in [9.17, 15) is 9.59 Å². The van der Waals surface area contributed by atoms with Gasteiger partial charge in [0.1, 0.15) is 12.3 Å². The van der Waals surface area contributed by atoms with Crippen molar-refractivity contribution in [2.75, 3.05) is 20.2 Å². The molecule has 0 saturated carbocycles. The van der Waals surface area contributed by atoms with E-state index < -0.39 is 0 Å². The Hall–Kier alpha value is -2.34. The van der Waals surface area contributed by atoms with Crippen molar-refractivity contribution >= 4 is 23.2 Å². The molecule has 0 radical (unpaired) electrons. The molecule has 0 N–H and O–H groups in total. The van der Waals surface area contributed by atoms with E-state index in [-0.39, 0.29) is 30.4 Å². The van der Waals surface area contributed by atoms with Gasteiger partial charge in [-0.25, -0.2) is 0 Å². The molecule has 0 aliphatic carbocycles. The van der Waals surface area contributed by atoms with Gasteiger partial charge in [0.2, 0.25) is 11.8 Å². The summed E-state index contributed by atoms with van der Waals surface area (Å²) >= 11 is 1.75. The highest BCUT2D eigenvalue weighted by atomic mass is 32.1. The molecule has 3 rings (SSSR count). The predicted octanol–water partition coefficient (Wildman–Crippen LogP) is 5.44. The van der Waals surface area contributed by atoms with Crippen molar-refractivity contribution < 1.29 is 14.3 Å². The highest BCUT2D eigenvalue weighted by Crippen LogP contribution is 2.38.